The van der Waals surface area contributed by atoms with Crippen LogP contribution in [0.2, 0.25) is 0 Å². The van der Waals surface area contributed by atoms with E-state index in [2.05, 4.69) is 5.16 Å². The first kappa shape index (κ1) is 15.5. The lowest BCUT2D eigenvalue weighted by Crippen LogP contribution is -2.11. The van der Waals surface area contributed by atoms with E-state index in [-0.39, 0.29) is 12.1 Å². The summed E-state index contributed by atoms with van der Waals surface area (Å²) in [6.07, 6.45) is 0.796. The minimum Gasteiger partial charge on any atom is -0.411 e. The molecule has 0 aromatic heterocycles. The van der Waals surface area contributed by atoms with Crippen molar-refractivity contribution in [2.45, 2.75) is 34.0 Å². The monoisotopic (exact) mass is 205 g/mol. The van der Waals surface area contributed by atoms with Crippen LogP contribution in [0.3, 0.4) is 0 Å². The smallest absolute Gasteiger partial charge is 0.174 e. The zero-order chi connectivity index (χ0) is 11.4. The lowest BCUT2D eigenvalue weighted by atomic mass is 10.5. The Hall–Kier alpha value is -0.940. The molecular formula is C9H19NO4. The molecule has 0 unspecified atom stereocenters. The first-order valence-corrected chi connectivity index (χ1v) is 4.49. The summed E-state index contributed by atoms with van der Waals surface area (Å²) in [5.74, 6) is -0.252. The van der Waals surface area contributed by atoms with Crippen molar-refractivity contribution >= 4 is 12.0 Å². The van der Waals surface area contributed by atoms with Gasteiger partial charge in [-0.15, -0.1) is 0 Å². The number of carbonyl (C=O) groups is 1. The molecule has 0 atom stereocenters. The molecule has 0 aromatic rings. The van der Waals surface area contributed by atoms with Crippen LogP contribution in [0.15, 0.2) is 5.16 Å². The number of rotatable bonds is 5. The molecule has 1 N–H and O–H groups in total. The van der Waals surface area contributed by atoms with Gasteiger partial charge in [0.15, 0.2) is 12.1 Å². The highest BCUT2D eigenvalue weighted by Crippen LogP contribution is 1.90. The molecule has 0 aromatic carbocycles. The van der Waals surface area contributed by atoms with Crippen LogP contribution < -0.4 is 0 Å². The van der Waals surface area contributed by atoms with E-state index < -0.39 is 0 Å². The van der Waals surface area contributed by atoms with Crippen molar-refractivity contribution < 1.29 is 19.5 Å². The first-order chi connectivity index (χ1) is 6.58. The summed E-state index contributed by atoms with van der Waals surface area (Å²) in [6.45, 7) is 8.56. The molecule has 0 amide bonds. The largest absolute Gasteiger partial charge is 0.411 e. The Balaban J connectivity index is 0. The Morgan fingerprint density at radius 3 is 2.00 bits per heavy atom. The molecule has 0 saturated heterocycles. The fourth-order valence-electron chi connectivity index (χ4n) is 0.599. The Morgan fingerprint density at radius 2 is 1.86 bits per heavy atom. The van der Waals surface area contributed by atoms with Gasteiger partial charge in [0.2, 0.25) is 0 Å². The van der Waals surface area contributed by atoms with Crippen LogP contribution in [-0.4, -0.2) is 36.7 Å². The standard InChI is InChI=1S/C6H14O2.C3H5NO2/c1-4-7-6(3)8-5-2;1-3(5)2-4-6/h6H,4-5H2,1-3H3;2,6H,1H3/b;4-2+. The number of hydrogen-bond donors (Lipinski definition) is 1. The van der Waals surface area contributed by atoms with Gasteiger partial charge in [-0.25, -0.2) is 0 Å². The minimum absolute atomic E-state index is 0.0370. The van der Waals surface area contributed by atoms with E-state index in [1.54, 1.807) is 0 Å². The van der Waals surface area contributed by atoms with Gasteiger partial charge in [0, 0.05) is 20.1 Å². The number of hydrogen-bond acceptors (Lipinski definition) is 5. The Labute approximate surface area is 84.7 Å². The van der Waals surface area contributed by atoms with Crippen LogP contribution in [0.4, 0.5) is 0 Å². The van der Waals surface area contributed by atoms with Crippen molar-refractivity contribution in [1.82, 2.24) is 0 Å². The highest BCUT2D eigenvalue weighted by atomic mass is 16.7. The highest BCUT2D eigenvalue weighted by molar-refractivity contribution is 6.26. The number of Topliss-reactive ketones (excluding diaryl/α,β-unsaturated/α-hetero) is 1. The molecule has 84 valence electrons. The second-order valence-electron chi connectivity index (χ2n) is 2.33. The molecular weight excluding hydrogens is 186 g/mol. The molecule has 0 aliphatic carbocycles. The molecule has 5 nitrogen and oxygen atoms in total. The Bertz CT molecular complexity index is 153. The summed E-state index contributed by atoms with van der Waals surface area (Å²) < 4.78 is 10.1. The average molecular weight is 205 g/mol. The summed E-state index contributed by atoms with van der Waals surface area (Å²) in [6, 6.07) is 0. The summed E-state index contributed by atoms with van der Waals surface area (Å²) in [4.78, 5) is 9.73. The average Bonchev–Trinajstić information content (AvgIpc) is 2.05. The topological polar surface area (TPSA) is 68.1 Å². The number of nitrogens with zero attached hydrogens (tertiary/aromatic N) is 1. The van der Waals surface area contributed by atoms with E-state index in [0.717, 1.165) is 19.4 Å². The summed E-state index contributed by atoms with van der Waals surface area (Å²) in [5.41, 5.74) is 0. The predicted octanol–water partition coefficient (Wildman–Crippen LogP) is 1.44. The van der Waals surface area contributed by atoms with Crippen molar-refractivity contribution in [3.8, 4) is 0 Å². The molecule has 0 radical (unpaired) electrons. The van der Waals surface area contributed by atoms with E-state index in [0.29, 0.717) is 0 Å². The van der Waals surface area contributed by atoms with Gasteiger partial charge in [-0.1, -0.05) is 5.16 Å². The number of ketones is 1. The zero-order valence-electron chi connectivity index (χ0n) is 9.19. The van der Waals surface area contributed by atoms with Crippen LogP contribution in [0.25, 0.3) is 0 Å². The second kappa shape index (κ2) is 12.1. The summed E-state index contributed by atoms with van der Waals surface area (Å²) in [5, 5.41) is 10.0. The van der Waals surface area contributed by atoms with Gasteiger partial charge in [-0.2, -0.15) is 0 Å². The maximum Gasteiger partial charge on any atom is 0.174 e. The lowest BCUT2D eigenvalue weighted by molar-refractivity contribution is -0.123. The molecule has 14 heavy (non-hydrogen) atoms. The van der Waals surface area contributed by atoms with Gasteiger partial charge in [0.1, 0.15) is 6.21 Å². The van der Waals surface area contributed by atoms with Crippen molar-refractivity contribution in [2.75, 3.05) is 13.2 Å². The zero-order valence-corrected chi connectivity index (χ0v) is 9.19. The quantitative estimate of drug-likeness (QED) is 0.319. The van der Waals surface area contributed by atoms with Gasteiger partial charge in [-0.05, 0) is 20.8 Å². The number of ether oxygens (including phenoxy) is 2. The fourth-order valence-corrected chi connectivity index (χ4v) is 0.599. The third kappa shape index (κ3) is 17.2. The van der Waals surface area contributed by atoms with Gasteiger partial charge >= 0.3 is 0 Å². The van der Waals surface area contributed by atoms with Gasteiger partial charge in [-0.3, -0.25) is 4.79 Å². The van der Waals surface area contributed by atoms with Gasteiger partial charge in [0.05, 0.1) is 0 Å². The summed E-state index contributed by atoms with van der Waals surface area (Å²) in [7, 11) is 0. The predicted molar refractivity (Wildman–Crippen MR) is 53.7 cm³/mol. The van der Waals surface area contributed by atoms with E-state index >= 15 is 0 Å². The number of oxime groups is 1. The Morgan fingerprint density at radius 1 is 1.43 bits per heavy atom. The minimum atomic E-state index is -0.252. The van der Waals surface area contributed by atoms with Crippen molar-refractivity contribution in [3.05, 3.63) is 0 Å². The third-order valence-electron chi connectivity index (χ3n) is 1.04. The van der Waals surface area contributed by atoms with E-state index in [4.69, 9.17) is 14.7 Å². The van der Waals surface area contributed by atoms with Crippen LogP contribution in [0, 0.1) is 0 Å². The van der Waals surface area contributed by atoms with E-state index in [1.807, 2.05) is 20.8 Å². The molecule has 0 heterocycles. The maximum atomic E-state index is 9.73. The first-order valence-electron chi connectivity index (χ1n) is 4.49. The molecule has 0 aliphatic heterocycles. The van der Waals surface area contributed by atoms with Crippen LogP contribution in [0.5, 0.6) is 0 Å². The molecule has 0 spiro atoms. The molecule has 0 rings (SSSR count). The SMILES string of the molecule is CC(=O)/C=N/O.CCOC(C)OCC. The van der Waals surface area contributed by atoms with Crippen molar-refractivity contribution in [2.24, 2.45) is 5.16 Å². The second-order valence-corrected chi connectivity index (χ2v) is 2.33. The van der Waals surface area contributed by atoms with Crippen LogP contribution in [-0.2, 0) is 14.3 Å². The van der Waals surface area contributed by atoms with E-state index in [9.17, 15) is 4.79 Å². The third-order valence-corrected chi connectivity index (χ3v) is 1.04. The molecule has 0 bridgehead atoms. The van der Waals surface area contributed by atoms with Gasteiger partial charge in [0.25, 0.3) is 0 Å². The van der Waals surface area contributed by atoms with Crippen LogP contribution in [0.1, 0.15) is 27.7 Å². The fraction of sp³-hybridized carbons (Fsp3) is 0.778. The molecule has 0 aliphatic rings. The van der Waals surface area contributed by atoms with Crippen LogP contribution >= 0.6 is 0 Å². The van der Waals surface area contributed by atoms with Crippen molar-refractivity contribution in [3.63, 3.8) is 0 Å². The van der Waals surface area contributed by atoms with Gasteiger partial charge < -0.3 is 14.7 Å². The van der Waals surface area contributed by atoms with E-state index in [1.165, 1.54) is 6.92 Å². The molecule has 0 fully saturated rings. The Kier molecular flexibility index (Phi) is 13.4. The normalized spacial score (nSPS) is 10.1. The van der Waals surface area contributed by atoms with Crippen molar-refractivity contribution in [1.29, 1.82) is 0 Å². The lowest BCUT2D eigenvalue weighted by Gasteiger charge is -2.09. The molecule has 5 heteroatoms. The highest BCUT2D eigenvalue weighted by Gasteiger charge is 1.94. The molecule has 0 saturated carbocycles. The number of carbonyl (C=O) groups excluding carboxylic acids is 1. The summed E-state index contributed by atoms with van der Waals surface area (Å²) >= 11 is 0. The maximum absolute atomic E-state index is 9.73.